The van der Waals surface area contributed by atoms with Crippen LogP contribution in [0.25, 0.3) is 66.3 Å². The molecule has 7 rings (SSSR count). The third-order valence-corrected chi connectivity index (χ3v) is 7.25. The Hall–Kier alpha value is -4.10. The zero-order chi connectivity index (χ0) is 22.1. The number of H-pyrrole nitrogens is 1. The Morgan fingerprint density at radius 3 is 2.09 bits per heavy atom. The average Bonchev–Trinajstić information content (AvgIpc) is 3.37. The maximum absolute atomic E-state index is 3.72. The van der Waals surface area contributed by atoms with Gasteiger partial charge in [0, 0.05) is 22.0 Å². The molecule has 1 heteroatoms. The molecule has 1 heterocycles. The average molecular weight is 422 g/mol. The normalized spacial score (nSPS) is 11.9. The molecule has 0 atom stereocenters. The number of rotatable bonds is 2. The van der Waals surface area contributed by atoms with Crippen molar-refractivity contribution in [3.05, 3.63) is 108 Å². The minimum Gasteiger partial charge on any atom is -0.354 e. The van der Waals surface area contributed by atoms with E-state index in [9.17, 15) is 0 Å². The Morgan fingerprint density at radius 2 is 1.24 bits per heavy atom. The van der Waals surface area contributed by atoms with E-state index in [0.717, 1.165) is 0 Å². The number of nitrogens with one attached hydrogen (secondary N) is 1. The molecule has 0 bridgehead atoms. The van der Waals surface area contributed by atoms with Gasteiger partial charge in [0.1, 0.15) is 0 Å². The van der Waals surface area contributed by atoms with Crippen LogP contribution in [0.15, 0.2) is 97.1 Å². The van der Waals surface area contributed by atoms with Crippen LogP contribution < -0.4 is 0 Å². The Bertz CT molecular complexity index is 1730. The Kier molecular flexibility index (Phi) is 3.75. The minimum absolute atomic E-state index is 1.20. The lowest BCUT2D eigenvalue weighted by Crippen LogP contribution is -1.88. The van der Waals surface area contributed by atoms with E-state index in [1.54, 1.807) is 0 Å². The monoisotopic (exact) mass is 421 g/mol. The molecule has 1 aliphatic carbocycles. The van der Waals surface area contributed by atoms with Gasteiger partial charge in [-0.25, -0.2) is 0 Å². The van der Waals surface area contributed by atoms with Crippen molar-refractivity contribution in [2.45, 2.75) is 13.8 Å². The van der Waals surface area contributed by atoms with E-state index in [1.807, 2.05) is 0 Å². The summed E-state index contributed by atoms with van der Waals surface area (Å²) in [7, 11) is 0. The first kappa shape index (κ1) is 18.5. The summed E-state index contributed by atoms with van der Waals surface area (Å²) < 4.78 is 0. The number of aryl methyl sites for hydroxylation is 2. The maximum Gasteiger partial charge on any atom is 0.0551 e. The quantitative estimate of drug-likeness (QED) is 0.287. The van der Waals surface area contributed by atoms with E-state index in [1.165, 1.54) is 77.4 Å². The van der Waals surface area contributed by atoms with Gasteiger partial charge in [-0.15, -0.1) is 0 Å². The molecule has 0 unspecified atom stereocenters. The van der Waals surface area contributed by atoms with Crippen LogP contribution in [0.3, 0.4) is 0 Å². The Balaban J connectivity index is 1.44. The maximum atomic E-state index is 3.72. The van der Waals surface area contributed by atoms with Gasteiger partial charge in [0.2, 0.25) is 0 Å². The third-order valence-electron chi connectivity index (χ3n) is 7.25. The van der Waals surface area contributed by atoms with Gasteiger partial charge in [-0.2, -0.15) is 0 Å². The van der Waals surface area contributed by atoms with Crippen LogP contribution >= 0.6 is 0 Å². The zero-order valence-electron chi connectivity index (χ0n) is 18.7. The van der Waals surface area contributed by atoms with Gasteiger partial charge in [0.25, 0.3) is 0 Å². The number of hydrogen-bond donors (Lipinski definition) is 1. The molecular weight excluding hydrogens is 398 g/mol. The van der Waals surface area contributed by atoms with Gasteiger partial charge in [-0.05, 0) is 81.8 Å². The first-order valence-electron chi connectivity index (χ1n) is 11.5. The fraction of sp³-hybridized carbons (Fsp3) is 0.0625. The number of benzene rings is 5. The van der Waals surface area contributed by atoms with E-state index in [-0.39, 0.29) is 0 Å². The van der Waals surface area contributed by atoms with Crippen molar-refractivity contribution in [3.8, 4) is 44.6 Å². The van der Waals surface area contributed by atoms with Gasteiger partial charge >= 0.3 is 0 Å². The van der Waals surface area contributed by atoms with Crippen molar-refractivity contribution in [3.63, 3.8) is 0 Å². The van der Waals surface area contributed by atoms with E-state index < -0.39 is 0 Å². The summed E-state index contributed by atoms with van der Waals surface area (Å²) in [5, 5.41) is 3.97. The lowest BCUT2D eigenvalue weighted by molar-refractivity contribution is 1.41. The summed E-state index contributed by atoms with van der Waals surface area (Å²) in [6, 6.07) is 35.6. The second-order valence-electron chi connectivity index (χ2n) is 9.19. The molecule has 0 aliphatic heterocycles. The second kappa shape index (κ2) is 6.70. The lowest BCUT2D eigenvalue weighted by Gasteiger charge is -2.12. The highest BCUT2D eigenvalue weighted by Crippen LogP contribution is 2.50. The highest BCUT2D eigenvalue weighted by Gasteiger charge is 2.25. The molecule has 1 aliphatic rings. The summed E-state index contributed by atoms with van der Waals surface area (Å²) in [5.41, 5.74) is 14.2. The topological polar surface area (TPSA) is 15.8 Å². The second-order valence-corrected chi connectivity index (χ2v) is 9.19. The summed E-state index contributed by atoms with van der Waals surface area (Å²) >= 11 is 0. The van der Waals surface area contributed by atoms with Crippen LogP contribution in [0.2, 0.25) is 0 Å². The molecule has 33 heavy (non-hydrogen) atoms. The molecular formula is C32H23N. The van der Waals surface area contributed by atoms with Crippen molar-refractivity contribution in [2.75, 3.05) is 0 Å². The number of hydrogen-bond acceptors (Lipinski definition) is 0. The molecule has 1 nitrogen and oxygen atoms in total. The summed E-state index contributed by atoms with van der Waals surface area (Å²) in [6.45, 7) is 4.39. The van der Waals surface area contributed by atoms with Crippen molar-refractivity contribution in [1.82, 2.24) is 4.98 Å². The van der Waals surface area contributed by atoms with E-state index in [4.69, 9.17) is 0 Å². The summed E-state index contributed by atoms with van der Waals surface area (Å²) in [6.07, 6.45) is 0. The zero-order valence-corrected chi connectivity index (χ0v) is 18.7. The van der Waals surface area contributed by atoms with Crippen molar-refractivity contribution >= 4 is 21.7 Å². The molecule has 5 aromatic carbocycles. The smallest absolute Gasteiger partial charge is 0.0551 e. The highest BCUT2D eigenvalue weighted by molar-refractivity contribution is 6.21. The van der Waals surface area contributed by atoms with E-state index >= 15 is 0 Å². The number of fused-ring (bicyclic) bond motifs is 5. The van der Waals surface area contributed by atoms with Crippen molar-refractivity contribution in [2.24, 2.45) is 0 Å². The predicted octanol–water partition coefficient (Wildman–Crippen LogP) is 8.92. The van der Waals surface area contributed by atoms with Crippen LogP contribution in [-0.4, -0.2) is 4.98 Å². The Morgan fingerprint density at radius 1 is 0.545 bits per heavy atom. The van der Waals surface area contributed by atoms with Gasteiger partial charge in [-0.1, -0.05) is 78.9 Å². The molecule has 0 amide bonds. The summed E-state index contributed by atoms with van der Waals surface area (Å²) in [4.78, 5) is 3.72. The SMILES string of the molecule is Cc1ccccc1-c1cc(-c2ccc3[nH]c4c(c3c2)-c2cccc3cccc-4c23)ccc1C. The molecule has 1 aromatic heterocycles. The van der Waals surface area contributed by atoms with E-state index in [2.05, 4.69) is 116 Å². The summed E-state index contributed by atoms with van der Waals surface area (Å²) in [5.74, 6) is 0. The van der Waals surface area contributed by atoms with Gasteiger partial charge < -0.3 is 4.98 Å². The first-order valence-corrected chi connectivity index (χ1v) is 11.5. The first-order chi connectivity index (χ1) is 16.2. The predicted molar refractivity (Wildman–Crippen MR) is 141 cm³/mol. The third kappa shape index (κ3) is 2.60. The van der Waals surface area contributed by atoms with Crippen LogP contribution in [0.4, 0.5) is 0 Å². The fourth-order valence-corrected chi connectivity index (χ4v) is 5.58. The molecule has 1 N–H and O–H groups in total. The minimum atomic E-state index is 1.20. The largest absolute Gasteiger partial charge is 0.354 e. The molecule has 0 saturated heterocycles. The molecule has 6 aromatic rings. The molecule has 156 valence electrons. The molecule has 0 spiro atoms. The van der Waals surface area contributed by atoms with Gasteiger partial charge in [0.15, 0.2) is 0 Å². The fourth-order valence-electron chi connectivity index (χ4n) is 5.58. The van der Waals surface area contributed by atoms with Crippen molar-refractivity contribution < 1.29 is 0 Å². The highest BCUT2D eigenvalue weighted by atomic mass is 14.7. The van der Waals surface area contributed by atoms with Gasteiger partial charge in [-0.3, -0.25) is 0 Å². The standard InChI is InChI=1S/C32H23N/c1-19-7-3-4-10-24(19)27-17-22(14-13-20(27)2)23-15-16-29-28(18-23)31-25-11-5-8-21-9-6-12-26(30(21)25)32(31)33-29/h3-18,33H,1-2H3. The van der Waals surface area contributed by atoms with Gasteiger partial charge in [0.05, 0.1) is 5.69 Å². The number of aromatic amines is 1. The van der Waals surface area contributed by atoms with E-state index in [0.29, 0.717) is 0 Å². The Labute approximate surface area is 193 Å². The molecule has 0 radical (unpaired) electrons. The van der Waals surface area contributed by atoms with Crippen LogP contribution in [0, 0.1) is 13.8 Å². The molecule has 0 fully saturated rings. The van der Waals surface area contributed by atoms with Crippen LogP contribution in [0.1, 0.15) is 11.1 Å². The number of aromatic nitrogens is 1. The lowest BCUT2D eigenvalue weighted by atomic mass is 9.92. The van der Waals surface area contributed by atoms with Crippen molar-refractivity contribution in [1.29, 1.82) is 0 Å². The van der Waals surface area contributed by atoms with Crippen LogP contribution in [0.5, 0.6) is 0 Å². The molecule has 0 saturated carbocycles. The van der Waals surface area contributed by atoms with Crippen LogP contribution in [-0.2, 0) is 0 Å².